The lowest BCUT2D eigenvalue weighted by atomic mass is 10.1. The summed E-state index contributed by atoms with van der Waals surface area (Å²) < 4.78 is 0. The maximum Gasteiger partial charge on any atom is 0.0795 e. The van der Waals surface area contributed by atoms with Crippen LogP contribution in [-0.4, -0.2) is 17.0 Å². The van der Waals surface area contributed by atoms with Crippen molar-refractivity contribution in [2.45, 2.75) is 25.9 Å². The molecule has 5 heteroatoms. The molecule has 0 aliphatic rings. The minimum absolute atomic E-state index is 0.0305. The molecule has 0 saturated carbocycles. The van der Waals surface area contributed by atoms with Gasteiger partial charge in [-0.1, -0.05) is 6.92 Å². The number of rotatable bonds is 5. The molecule has 1 atom stereocenters. The first-order valence-corrected chi connectivity index (χ1v) is 6.94. The molecule has 0 saturated heterocycles. The van der Waals surface area contributed by atoms with E-state index in [1.54, 1.807) is 11.3 Å². The van der Waals surface area contributed by atoms with Gasteiger partial charge in [0.15, 0.2) is 0 Å². The van der Waals surface area contributed by atoms with Crippen molar-refractivity contribution in [3.05, 3.63) is 40.6 Å². The van der Waals surface area contributed by atoms with Crippen LogP contribution in [0.1, 0.15) is 30.8 Å². The van der Waals surface area contributed by atoms with Gasteiger partial charge in [0, 0.05) is 18.5 Å². The third-order valence-corrected chi connectivity index (χ3v) is 3.55. The third-order valence-electron chi connectivity index (χ3n) is 2.91. The van der Waals surface area contributed by atoms with Gasteiger partial charge in [-0.15, -0.1) is 11.3 Å². The summed E-state index contributed by atoms with van der Waals surface area (Å²) in [5.41, 5.74) is 10.9. The molecule has 0 radical (unpaired) electrons. The molecule has 0 spiro atoms. The highest BCUT2D eigenvalue weighted by Crippen LogP contribution is 2.17. The molecule has 4 nitrogen and oxygen atoms in total. The van der Waals surface area contributed by atoms with Gasteiger partial charge in [0.1, 0.15) is 0 Å². The topological polar surface area (TPSA) is 55.0 Å². The van der Waals surface area contributed by atoms with Gasteiger partial charge in [0.25, 0.3) is 0 Å². The summed E-state index contributed by atoms with van der Waals surface area (Å²) in [4.78, 5) is 10.8. The molecule has 2 heterocycles. The Kier molecular flexibility index (Phi) is 4.28. The summed E-state index contributed by atoms with van der Waals surface area (Å²) in [6, 6.07) is 4.09. The number of nitrogens with two attached hydrogens (primary N) is 1. The SMILES string of the molecule is CCC(N)c1ccc(N(C)Cc2cscn2)cn1. The molecule has 0 fully saturated rings. The van der Waals surface area contributed by atoms with Crippen LogP contribution in [-0.2, 0) is 6.54 Å². The van der Waals surface area contributed by atoms with Crippen LogP contribution in [0, 0.1) is 0 Å². The maximum atomic E-state index is 5.95. The first kappa shape index (κ1) is 13.0. The summed E-state index contributed by atoms with van der Waals surface area (Å²) in [5.74, 6) is 0. The van der Waals surface area contributed by atoms with Crippen LogP contribution >= 0.6 is 11.3 Å². The Morgan fingerprint density at radius 1 is 1.39 bits per heavy atom. The summed E-state index contributed by atoms with van der Waals surface area (Å²) in [5, 5.41) is 2.06. The maximum absolute atomic E-state index is 5.95. The van der Waals surface area contributed by atoms with E-state index in [4.69, 9.17) is 5.73 Å². The number of aromatic nitrogens is 2. The zero-order valence-electron chi connectivity index (χ0n) is 10.7. The van der Waals surface area contributed by atoms with E-state index in [0.717, 1.165) is 30.0 Å². The number of thiazole rings is 1. The Morgan fingerprint density at radius 3 is 2.78 bits per heavy atom. The van der Waals surface area contributed by atoms with E-state index in [9.17, 15) is 0 Å². The molecule has 0 aliphatic heterocycles. The van der Waals surface area contributed by atoms with Gasteiger partial charge in [0.2, 0.25) is 0 Å². The fourth-order valence-electron chi connectivity index (χ4n) is 1.70. The van der Waals surface area contributed by atoms with E-state index in [-0.39, 0.29) is 6.04 Å². The molecule has 2 aromatic heterocycles. The first-order valence-electron chi connectivity index (χ1n) is 6.00. The third kappa shape index (κ3) is 3.05. The molecule has 1 unspecified atom stereocenters. The molecular weight excluding hydrogens is 244 g/mol. The van der Waals surface area contributed by atoms with Crippen LogP contribution in [0.3, 0.4) is 0 Å². The van der Waals surface area contributed by atoms with Crippen molar-refractivity contribution in [1.29, 1.82) is 0 Å². The van der Waals surface area contributed by atoms with Crippen molar-refractivity contribution >= 4 is 17.0 Å². The highest BCUT2D eigenvalue weighted by molar-refractivity contribution is 7.07. The van der Waals surface area contributed by atoms with Crippen LogP contribution in [0.25, 0.3) is 0 Å². The van der Waals surface area contributed by atoms with Crippen LogP contribution in [0.15, 0.2) is 29.2 Å². The predicted octanol–water partition coefficient (Wildman–Crippen LogP) is 2.58. The quantitative estimate of drug-likeness (QED) is 0.900. The Hall–Kier alpha value is -1.46. The summed E-state index contributed by atoms with van der Waals surface area (Å²) in [6.45, 7) is 2.86. The van der Waals surface area contributed by atoms with Gasteiger partial charge in [-0.2, -0.15) is 0 Å². The van der Waals surface area contributed by atoms with Crippen LogP contribution in [0.2, 0.25) is 0 Å². The van der Waals surface area contributed by atoms with E-state index in [2.05, 4.69) is 33.2 Å². The number of anilines is 1. The van der Waals surface area contributed by atoms with Crippen LogP contribution < -0.4 is 10.6 Å². The average Bonchev–Trinajstić information content (AvgIpc) is 2.91. The fourth-order valence-corrected chi connectivity index (χ4v) is 2.25. The van der Waals surface area contributed by atoms with Gasteiger partial charge in [-0.25, -0.2) is 4.98 Å². The molecule has 2 aromatic rings. The summed E-state index contributed by atoms with van der Waals surface area (Å²) >= 11 is 1.62. The van der Waals surface area contributed by atoms with Crippen molar-refractivity contribution in [2.75, 3.05) is 11.9 Å². The van der Waals surface area contributed by atoms with Crippen LogP contribution in [0.5, 0.6) is 0 Å². The van der Waals surface area contributed by atoms with E-state index < -0.39 is 0 Å². The average molecular weight is 262 g/mol. The van der Waals surface area contributed by atoms with Crippen molar-refractivity contribution in [2.24, 2.45) is 5.73 Å². The molecule has 2 N–H and O–H groups in total. The largest absolute Gasteiger partial charge is 0.367 e. The van der Waals surface area contributed by atoms with Crippen molar-refractivity contribution in [3.63, 3.8) is 0 Å². The molecular formula is C13H18N4S. The highest BCUT2D eigenvalue weighted by atomic mass is 32.1. The minimum Gasteiger partial charge on any atom is -0.367 e. The van der Waals surface area contributed by atoms with Gasteiger partial charge in [-0.3, -0.25) is 4.98 Å². The summed E-state index contributed by atoms with van der Waals surface area (Å²) in [6.07, 6.45) is 2.78. The van der Waals surface area contributed by atoms with Gasteiger partial charge in [0.05, 0.1) is 35.3 Å². The first-order chi connectivity index (χ1) is 8.70. The van der Waals surface area contributed by atoms with Gasteiger partial charge in [-0.05, 0) is 18.6 Å². The smallest absolute Gasteiger partial charge is 0.0795 e. The molecule has 2 rings (SSSR count). The highest BCUT2D eigenvalue weighted by Gasteiger charge is 2.07. The Morgan fingerprint density at radius 2 is 2.22 bits per heavy atom. The lowest BCUT2D eigenvalue weighted by Gasteiger charge is -2.18. The molecule has 18 heavy (non-hydrogen) atoms. The monoisotopic (exact) mass is 262 g/mol. The normalized spacial score (nSPS) is 12.4. The van der Waals surface area contributed by atoms with E-state index in [0.29, 0.717) is 0 Å². The number of nitrogens with zero attached hydrogens (tertiary/aromatic N) is 3. The molecule has 0 aliphatic carbocycles. The zero-order chi connectivity index (χ0) is 13.0. The Bertz CT molecular complexity index is 466. The lowest BCUT2D eigenvalue weighted by Crippen LogP contribution is -2.17. The Balaban J connectivity index is 2.04. The van der Waals surface area contributed by atoms with Crippen molar-refractivity contribution in [3.8, 4) is 0 Å². The molecule has 0 aromatic carbocycles. The van der Waals surface area contributed by atoms with Crippen LogP contribution in [0.4, 0.5) is 5.69 Å². The predicted molar refractivity (Wildman–Crippen MR) is 75.7 cm³/mol. The van der Waals surface area contributed by atoms with Crippen molar-refractivity contribution < 1.29 is 0 Å². The van der Waals surface area contributed by atoms with Gasteiger partial charge >= 0.3 is 0 Å². The van der Waals surface area contributed by atoms with Crippen molar-refractivity contribution in [1.82, 2.24) is 9.97 Å². The Labute approximate surface area is 111 Å². The number of hydrogen-bond donors (Lipinski definition) is 1. The zero-order valence-corrected chi connectivity index (χ0v) is 11.5. The standard InChI is InChI=1S/C13H18N4S/c1-3-12(14)13-5-4-11(6-15-13)17(2)7-10-8-18-9-16-10/h4-6,8-9,12H,3,7,14H2,1-2H3. The molecule has 96 valence electrons. The molecule has 0 bridgehead atoms. The van der Waals surface area contributed by atoms with E-state index in [1.165, 1.54) is 0 Å². The second kappa shape index (κ2) is 5.93. The van der Waals surface area contributed by atoms with E-state index >= 15 is 0 Å². The van der Waals surface area contributed by atoms with E-state index in [1.807, 2.05) is 24.8 Å². The number of pyridine rings is 1. The lowest BCUT2D eigenvalue weighted by molar-refractivity contribution is 0.675. The minimum atomic E-state index is 0.0305. The summed E-state index contributed by atoms with van der Waals surface area (Å²) in [7, 11) is 2.04. The fraction of sp³-hybridized carbons (Fsp3) is 0.385. The second-order valence-electron chi connectivity index (χ2n) is 4.29. The second-order valence-corrected chi connectivity index (χ2v) is 5.01. The van der Waals surface area contributed by atoms with Gasteiger partial charge < -0.3 is 10.6 Å². The number of hydrogen-bond acceptors (Lipinski definition) is 5. The molecule has 0 amide bonds.